The number of aryl methyl sites for hydroxylation is 1. The fourth-order valence-corrected chi connectivity index (χ4v) is 4.09. The molecule has 1 heterocycles. The smallest absolute Gasteiger partial charge is 0.237 e. The van der Waals surface area contributed by atoms with Gasteiger partial charge < -0.3 is 9.47 Å². The van der Waals surface area contributed by atoms with Gasteiger partial charge in [0.05, 0.1) is 29.3 Å². The van der Waals surface area contributed by atoms with E-state index in [1.165, 1.54) is 11.8 Å². The molecule has 0 saturated heterocycles. The molecule has 2 aromatic carbocycles. The zero-order chi connectivity index (χ0) is 19.9. The van der Waals surface area contributed by atoms with Gasteiger partial charge in [0.2, 0.25) is 5.91 Å². The molecule has 1 amide bonds. The number of imidazole rings is 1. The van der Waals surface area contributed by atoms with Crippen molar-refractivity contribution >= 4 is 46.0 Å². The second-order valence-electron chi connectivity index (χ2n) is 6.26. The van der Waals surface area contributed by atoms with Gasteiger partial charge in [0.15, 0.2) is 5.16 Å². The van der Waals surface area contributed by atoms with E-state index < -0.39 is 0 Å². The highest BCUT2D eigenvalue weighted by Crippen LogP contribution is 2.27. The quantitative estimate of drug-likeness (QED) is 0.480. The van der Waals surface area contributed by atoms with Gasteiger partial charge in [0.1, 0.15) is 0 Å². The van der Waals surface area contributed by atoms with Crippen molar-refractivity contribution in [1.82, 2.24) is 9.55 Å². The molecule has 0 aliphatic carbocycles. The molecule has 5 nitrogen and oxygen atoms in total. The Hall–Kier alpha value is -2.49. The molecule has 3 aromatic rings. The lowest BCUT2D eigenvalue weighted by Crippen LogP contribution is -2.33. The lowest BCUT2D eigenvalue weighted by atomic mass is 10.2. The van der Waals surface area contributed by atoms with Crippen molar-refractivity contribution in [3.63, 3.8) is 0 Å². The number of hydrogen-bond acceptors (Lipinski definition) is 4. The van der Waals surface area contributed by atoms with Crippen LogP contribution in [0.25, 0.3) is 11.0 Å². The molecule has 0 spiro atoms. The maximum Gasteiger partial charge on any atom is 0.237 e. The van der Waals surface area contributed by atoms with Crippen molar-refractivity contribution in [3.8, 4) is 6.07 Å². The number of carbonyl (C=O) groups is 1. The molecule has 0 radical (unpaired) electrons. The number of anilines is 1. The highest BCUT2D eigenvalue weighted by molar-refractivity contribution is 7.99. The van der Waals surface area contributed by atoms with Gasteiger partial charge in [0.25, 0.3) is 0 Å². The molecule has 144 valence electrons. The number of nitrogens with zero attached hydrogens (tertiary/aromatic N) is 4. The summed E-state index contributed by atoms with van der Waals surface area (Å²) in [5.74, 6) is 0.209. The highest BCUT2D eigenvalue weighted by Gasteiger charge is 2.18. The summed E-state index contributed by atoms with van der Waals surface area (Å²) >= 11 is 7.52. The molecule has 0 aliphatic heterocycles. The van der Waals surface area contributed by atoms with Crippen molar-refractivity contribution in [3.05, 3.63) is 53.6 Å². The number of thioether (sulfide) groups is 1. The monoisotopic (exact) mass is 412 g/mol. The van der Waals surface area contributed by atoms with Crippen LogP contribution in [0, 0.1) is 11.3 Å². The van der Waals surface area contributed by atoms with Gasteiger partial charge in [0, 0.05) is 23.8 Å². The molecule has 0 N–H and O–H groups in total. The summed E-state index contributed by atoms with van der Waals surface area (Å²) in [6, 6.07) is 17.2. The Morgan fingerprint density at radius 3 is 2.79 bits per heavy atom. The van der Waals surface area contributed by atoms with E-state index in [-0.39, 0.29) is 18.1 Å². The summed E-state index contributed by atoms with van der Waals surface area (Å²) in [7, 11) is 0. The van der Waals surface area contributed by atoms with E-state index in [1.54, 1.807) is 4.90 Å². The second kappa shape index (κ2) is 9.63. The molecule has 0 atom stereocenters. The van der Waals surface area contributed by atoms with Crippen LogP contribution in [0.5, 0.6) is 0 Å². The number of amides is 1. The Morgan fingerprint density at radius 1 is 1.29 bits per heavy atom. The van der Waals surface area contributed by atoms with E-state index in [4.69, 9.17) is 16.9 Å². The third-order valence-corrected chi connectivity index (χ3v) is 5.46. The van der Waals surface area contributed by atoms with Gasteiger partial charge in [-0.15, -0.1) is 0 Å². The van der Waals surface area contributed by atoms with E-state index in [0.717, 1.165) is 34.8 Å². The predicted octanol–water partition coefficient (Wildman–Crippen LogP) is 5.14. The minimum atomic E-state index is -0.0420. The minimum absolute atomic E-state index is 0.0420. The normalized spacial score (nSPS) is 10.8. The molecule has 0 bridgehead atoms. The zero-order valence-electron chi connectivity index (χ0n) is 15.6. The van der Waals surface area contributed by atoms with Gasteiger partial charge in [-0.25, -0.2) is 4.98 Å². The predicted molar refractivity (Wildman–Crippen MR) is 115 cm³/mol. The first-order valence-corrected chi connectivity index (χ1v) is 10.5. The van der Waals surface area contributed by atoms with Crippen LogP contribution in [-0.2, 0) is 11.3 Å². The molecular formula is C21H21ClN4OS. The van der Waals surface area contributed by atoms with Crippen LogP contribution >= 0.6 is 23.4 Å². The maximum atomic E-state index is 12.9. The van der Waals surface area contributed by atoms with Crippen molar-refractivity contribution in [2.24, 2.45) is 0 Å². The van der Waals surface area contributed by atoms with Gasteiger partial charge >= 0.3 is 0 Å². The van der Waals surface area contributed by atoms with Crippen LogP contribution in [0.4, 0.5) is 5.69 Å². The fraction of sp³-hybridized carbons (Fsp3) is 0.286. The molecule has 0 saturated carbocycles. The van der Waals surface area contributed by atoms with E-state index >= 15 is 0 Å². The maximum absolute atomic E-state index is 12.9. The van der Waals surface area contributed by atoms with E-state index in [1.807, 2.05) is 48.5 Å². The fourth-order valence-electron chi connectivity index (χ4n) is 3.00. The van der Waals surface area contributed by atoms with Gasteiger partial charge in [-0.3, -0.25) is 4.79 Å². The molecule has 28 heavy (non-hydrogen) atoms. The molecular weight excluding hydrogens is 392 g/mol. The van der Waals surface area contributed by atoms with Crippen LogP contribution in [-0.4, -0.2) is 27.8 Å². The summed E-state index contributed by atoms with van der Waals surface area (Å²) in [4.78, 5) is 19.2. The molecule has 3 rings (SSSR count). The Morgan fingerprint density at radius 2 is 2.07 bits per heavy atom. The lowest BCUT2D eigenvalue weighted by molar-refractivity contribution is -0.116. The summed E-state index contributed by atoms with van der Waals surface area (Å²) in [5, 5.41) is 10.4. The number of fused-ring (bicyclic) bond motifs is 1. The van der Waals surface area contributed by atoms with Crippen molar-refractivity contribution in [2.45, 2.75) is 31.5 Å². The van der Waals surface area contributed by atoms with Crippen molar-refractivity contribution in [1.29, 1.82) is 5.26 Å². The van der Waals surface area contributed by atoms with Crippen molar-refractivity contribution < 1.29 is 4.79 Å². The number of para-hydroxylation sites is 1. The SMILES string of the molecule is CCCn1c(SCC(=O)N(CCC#N)c2ccccc2)nc2cc(Cl)ccc21. The van der Waals surface area contributed by atoms with E-state index in [0.29, 0.717) is 11.6 Å². The zero-order valence-corrected chi connectivity index (χ0v) is 17.2. The summed E-state index contributed by atoms with van der Waals surface area (Å²) in [6.45, 7) is 3.31. The largest absolute Gasteiger partial charge is 0.319 e. The summed E-state index contributed by atoms with van der Waals surface area (Å²) in [5.41, 5.74) is 2.66. The minimum Gasteiger partial charge on any atom is -0.319 e. The Kier molecular flexibility index (Phi) is 6.96. The summed E-state index contributed by atoms with van der Waals surface area (Å²) in [6.07, 6.45) is 1.26. The van der Waals surface area contributed by atoms with E-state index in [9.17, 15) is 4.79 Å². The van der Waals surface area contributed by atoms with Crippen LogP contribution in [0.1, 0.15) is 19.8 Å². The number of nitriles is 1. The number of carbonyl (C=O) groups excluding carboxylic acids is 1. The van der Waals surface area contributed by atoms with Crippen LogP contribution in [0.15, 0.2) is 53.7 Å². The molecule has 0 aliphatic rings. The van der Waals surface area contributed by atoms with Gasteiger partial charge in [-0.2, -0.15) is 5.26 Å². The Balaban J connectivity index is 1.80. The number of rotatable bonds is 8. The van der Waals surface area contributed by atoms with Crippen LogP contribution in [0.3, 0.4) is 0 Å². The van der Waals surface area contributed by atoms with Crippen molar-refractivity contribution in [2.75, 3.05) is 17.2 Å². The molecule has 1 aromatic heterocycles. The summed E-state index contributed by atoms with van der Waals surface area (Å²) < 4.78 is 2.13. The van der Waals surface area contributed by atoms with Crippen LogP contribution in [0.2, 0.25) is 5.02 Å². The number of hydrogen-bond donors (Lipinski definition) is 0. The molecule has 0 unspecified atom stereocenters. The second-order valence-corrected chi connectivity index (χ2v) is 7.64. The number of benzene rings is 2. The number of halogens is 1. The third kappa shape index (κ3) is 4.67. The van der Waals surface area contributed by atoms with Crippen LogP contribution < -0.4 is 4.90 Å². The van der Waals surface area contributed by atoms with E-state index in [2.05, 4.69) is 22.5 Å². The Bertz CT molecular complexity index is 997. The first-order valence-electron chi connectivity index (χ1n) is 9.15. The molecule has 0 fully saturated rings. The first kappa shape index (κ1) is 20.2. The first-order chi connectivity index (χ1) is 13.6. The average molecular weight is 413 g/mol. The lowest BCUT2D eigenvalue weighted by Gasteiger charge is -2.21. The molecule has 7 heteroatoms. The Labute approximate surface area is 173 Å². The third-order valence-electron chi connectivity index (χ3n) is 4.26. The number of aromatic nitrogens is 2. The topological polar surface area (TPSA) is 61.9 Å². The highest BCUT2D eigenvalue weighted by atomic mass is 35.5. The standard InChI is InChI=1S/C21H21ClN4OS/c1-2-12-26-19-10-9-16(22)14-18(19)24-21(26)28-15-20(27)25(13-6-11-23)17-7-4-3-5-8-17/h3-5,7-10,14H,2,6,12-13,15H2,1H3. The van der Waals surface area contributed by atoms with Gasteiger partial charge in [-0.1, -0.05) is 48.5 Å². The van der Waals surface area contributed by atoms with Gasteiger partial charge in [-0.05, 0) is 36.8 Å². The average Bonchev–Trinajstić information content (AvgIpc) is 3.04.